The van der Waals surface area contributed by atoms with Crippen LogP contribution >= 0.6 is 0 Å². The van der Waals surface area contributed by atoms with E-state index in [4.69, 9.17) is 5.14 Å². The van der Waals surface area contributed by atoms with Crippen molar-refractivity contribution in [1.29, 1.82) is 0 Å². The molecule has 0 atom stereocenters. The highest BCUT2D eigenvalue weighted by molar-refractivity contribution is 7.89. The third kappa shape index (κ3) is 5.62. The Morgan fingerprint density at radius 2 is 1.78 bits per heavy atom. The molecule has 0 aliphatic rings. The maximum atomic E-state index is 11.1. The molecule has 0 saturated heterocycles. The van der Waals surface area contributed by atoms with E-state index in [1.807, 2.05) is 12.1 Å². The lowest BCUT2D eigenvalue weighted by molar-refractivity contribution is 0.539. The first-order valence-electron chi connectivity index (χ1n) is 6.22. The molecule has 18 heavy (non-hydrogen) atoms. The Hall–Kier alpha value is -0.910. The fourth-order valence-corrected chi connectivity index (χ4v) is 2.11. The van der Waals surface area contributed by atoms with Gasteiger partial charge in [-0.05, 0) is 49.5 Å². The van der Waals surface area contributed by atoms with Crippen molar-refractivity contribution in [2.24, 2.45) is 11.1 Å². The lowest BCUT2D eigenvalue weighted by Gasteiger charge is -2.07. The van der Waals surface area contributed by atoms with Crippen molar-refractivity contribution in [1.82, 2.24) is 5.32 Å². The van der Waals surface area contributed by atoms with Crippen LogP contribution in [0.15, 0.2) is 29.2 Å². The summed E-state index contributed by atoms with van der Waals surface area (Å²) in [6, 6.07) is 6.73. The monoisotopic (exact) mass is 270 g/mol. The van der Waals surface area contributed by atoms with E-state index in [1.165, 1.54) is 6.42 Å². The van der Waals surface area contributed by atoms with Crippen LogP contribution in [0.1, 0.15) is 25.8 Å². The molecule has 102 valence electrons. The van der Waals surface area contributed by atoms with Crippen LogP contribution in [0.3, 0.4) is 0 Å². The summed E-state index contributed by atoms with van der Waals surface area (Å²) in [6.45, 7) is 6.33. The predicted molar refractivity (Wildman–Crippen MR) is 73.8 cm³/mol. The van der Waals surface area contributed by atoms with Crippen molar-refractivity contribution < 1.29 is 8.42 Å². The molecular weight excluding hydrogens is 248 g/mol. The zero-order valence-electron chi connectivity index (χ0n) is 11.0. The molecule has 0 unspecified atom stereocenters. The molecule has 1 aromatic rings. The molecule has 3 N–H and O–H groups in total. The van der Waals surface area contributed by atoms with Crippen molar-refractivity contribution in [3.05, 3.63) is 29.8 Å². The molecule has 0 saturated carbocycles. The van der Waals surface area contributed by atoms with Crippen LogP contribution in [0.4, 0.5) is 0 Å². The fourth-order valence-electron chi connectivity index (χ4n) is 1.59. The van der Waals surface area contributed by atoms with Gasteiger partial charge in [-0.2, -0.15) is 0 Å². The van der Waals surface area contributed by atoms with Crippen molar-refractivity contribution in [3.63, 3.8) is 0 Å². The second kappa shape index (κ2) is 6.87. The smallest absolute Gasteiger partial charge is 0.238 e. The van der Waals surface area contributed by atoms with E-state index in [0.717, 1.165) is 25.1 Å². The summed E-state index contributed by atoms with van der Waals surface area (Å²) >= 11 is 0. The van der Waals surface area contributed by atoms with E-state index in [9.17, 15) is 8.42 Å². The zero-order chi connectivity index (χ0) is 13.6. The third-order valence-corrected chi connectivity index (χ3v) is 3.67. The predicted octanol–water partition coefficient (Wildman–Crippen LogP) is 1.51. The Bertz CT molecular complexity index is 452. The molecule has 0 aliphatic carbocycles. The van der Waals surface area contributed by atoms with Crippen LogP contribution in [-0.4, -0.2) is 21.5 Å². The molecule has 0 fully saturated rings. The maximum Gasteiger partial charge on any atom is 0.238 e. The summed E-state index contributed by atoms with van der Waals surface area (Å²) in [7, 11) is -3.57. The van der Waals surface area contributed by atoms with Crippen molar-refractivity contribution in [2.75, 3.05) is 13.1 Å². The first-order chi connectivity index (χ1) is 8.39. The first-order valence-corrected chi connectivity index (χ1v) is 7.76. The van der Waals surface area contributed by atoms with E-state index in [1.54, 1.807) is 12.1 Å². The van der Waals surface area contributed by atoms with E-state index < -0.39 is 10.0 Å². The van der Waals surface area contributed by atoms with Gasteiger partial charge in [0.15, 0.2) is 0 Å². The van der Waals surface area contributed by atoms with Crippen molar-refractivity contribution >= 4 is 10.0 Å². The highest BCUT2D eigenvalue weighted by Gasteiger charge is 2.06. The van der Waals surface area contributed by atoms with Crippen molar-refractivity contribution in [2.45, 2.75) is 31.6 Å². The molecule has 0 spiro atoms. The van der Waals surface area contributed by atoms with E-state index in [0.29, 0.717) is 5.92 Å². The minimum absolute atomic E-state index is 0.166. The summed E-state index contributed by atoms with van der Waals surface area (Å²) in [5.41, 5.74) is 1.11. The van der Waals surface area contributed by atoms with Crippen LogP contribution in [0.5, 0.6) is 0 Å². The van der Waals surface area contributed by atoms with Gasteiger partial charge in [-0.25, -0.2) is 13.6 Å². The number of nitrogens with one attached hydrogen (secondary N) is 1. The van der Waals surface area contributed by atoms with E-state index in [-0.39, 0.29) is 4.90 Å². The Labute approximate surface area is 110 Å². The number of primary sulfonamides is 1. The molecule has 0 aromatic heterocycles. The van der Waals surface area contributed by atoms with Crippen LogP contribution in [0.2, 0.25) is 0 Å². The normalized spacial score (nSPS) is 12.0. The molecule has 1 aromatic carbocycles. The maximum absolute atomic E-state index is 11.1. The number of rotatable bonds is 7. The molecule has 0 amide bonds. The largest absolute Gasteiger partial charge is 0.316 e. The molecule has 1 rings (SSSR count). The lowest BCUT2D eigenvalue weighted by Crippen LogP contribution is -2.19. The van der Waals surface area contributed by atoms with Crippen LogP contribution < -0.4 is 10.5 Å². The Balaban J connectivity index is 2.36. The van der Waals surface area contributed by atoms with Gasteiger partial charge in [-0.1, -0.05) is 26.0 Å². The number of hydrogen-bond acceptors (Lipinski definition) is 3. The van der Waals surface area contributed by atoms with Gasteiger partial charge in [0, 0.05) is 0 Å². The number of nitrogens with two attached hydrogens (primary N) is 1. The highest BCUT2D eigenvalue weighted by atomic mass is 32.2. The quantitative estimate of drug-likeness (QED) is 0.738. The molecule has 0 heterocycles. The Morgan fingerprint density at radius 1 is 1.17 bits per heavy atom. The molecule has 0 bridgehead atoms. The summed E-state index contributed by atoms with van der Waals surface area (Å²) in [6.07, 6.45) is 2.06. The molecule has 0 radical (unpaired) electrons. The standard InChI is InChI=1S/C13H22N2O2S/c1-11(2)7-9-15-10-8-12-3-5-13(6-4-12)18(14,16)17/h3-6,11,15H,7-10H2,1-2H3,(H2,14,16,17). The molecule has 0 aliphatic heterocycles. The molecule has 4 nitrogen and oxygen atoms in total. The Kier molecular flexibility index (Phi) is 5.78. The summed E-state index contributed by atoms with van der Waals surface area (Å²) in [5, 5.41) is 8.40. The second-order valence-electron chi connectivity index (χ2n) is 4.87. The number of benzene rings is 1. The van der Waals surface area contributed by atoms with Gasteiger partial charge in [0.05, 0.1) is 4.90 Å². The van der Waals surface area contributed by atoms with E-state index in [2.05, 4.69) is 19.2 Å². The lowest BCUT2D eigenvalue weighted by atomic mass is 10.1. The summed E-state index contributed by atoms with van der Waals surface area (Å²) in [5.74, 6) is 0.714. The molecular formula is C13H22N2O2S. The topological polar surface area (TPSA) is 72.2 Å². The van der Waals surface area contributed by atoms with Gasteiger partial charge in [-0.3, -0.25) is 0 Å². The van der Waals surface area contributed by atoms with Gasteiger partial charge in [0.2, 0.25) is 10.0 Å². The second-order valence-corrected chi connectivity index (χ2v) is 6.43. The van der Waals surface area contributed by atoms with Gasteiger partial charge in [0.1, 0.15) is 0 Å². The zero-order valence-corrected chi connectivity index (χ0v) is 11.8. The number of sulfonamides is 1. The van der Waals surface area contributed by atoms with Gasteiger partial charge in [-0.15, -0.1) is 0 Å². The summed E-state index contributed by atoms with van der Waals surface area (Å²) in [4.78, 5) is 0.166. The minimum Gasteiger partial charge on any atom is -0.316 e. The average Bonchev–Trinajstić information content (AvgIpc) is 2.27. The first kappa shape index (κ1) is 15.1. The Morgan fingerprint density at radius 3 is 2.28 bits per heavy atom. The van der Waals surface area contributed by atoms with Crippen molar-refractivity contribution in [3.8, 4) is 0 Å². The third-order valence-electron chi connectivity index (χ3n) is 2.74. The highest BCUT2D eigenvalue weighted by Crippen LogP contribution is 2.08. The average molecular weight is 270 g/mol. The van der Waals surface area contributed by atoms with Gasteiger partial charge >= 0.3 is 0 Å². The SMILES string of the molecule is CC(C)CCNCCc1ccc(S(N)(=O)=O)cc1. The van der Waals surface area contributed by atoms with Crippen LogP contribution in [0.25, 0.3) is 0 Å². The van der Waals surface area contributed by atoms with Crippen LogP contribution in [0, 0.1) is 5.92 Å². The molecule has 5 heteroatoms. The fraction of sp³-hybridized carbons (Fsp3) is 0.538. The number of hydrogen-bond donors (Lipinski definition) is 2. The minimum atomic E-state index is -3.57. The van der Waals surface area contributed by atoms with E-state index >= 15 is 0 Å². The van der Waals surface area contributed by atoms with Gasteiger partial charge < -0.3 is 5.32 Å². The summed E-state index contributed by atoms with van der Waals surface area (Å²) < 4.78 is 22.1. The van der Waals surface area contributed by atoms with Crippen LogP contribution in [-0.2, 0) is 16.4 Å². The van der Waals surface area contributed by atoms with Gasteiger partial charge in [0.25, 0.3) is 0 Å².